The second kappa shape index (κ2) is 11.5. The van der Waals surface area contributed by atoms with Crippen molar-refractivity contribution in [3.8, 4) is 0 Å². The first-order valence-electron chi connectivity index (χ1n) is 10.4. The lowest BCUT2D eigenvalue weighted by Gasteiger charge is -2.27. The van der Waals surface area contributed by atoms with Gasteiger partial charge in [-0.3, -0.25) is 0 Å². The fourth-order valence-electron chi connectivity index (χ4n) is 3.76. The van der Waals surface area contributed by atoms with Crippen molar-refractivity contribution in [3.63, 3.8) is 0 Å². The molecule has 0 aliphatic carbocycles. The lowest BCUT2D eigenvalue weighted by atomic mass is 9.86. The van der Waals surface area contributed by atoms with Crippen molar-refractivity contribution in [2.45, 2.75) is 31.4 Å². The summed E-state index contributed by atoms with van der Waals surface area (Å²) in [4.78, 5) is 17.8. The summed E-state index contributed by atoms with van der Waals surface area (Å²) in [5.41, 5.74) is -0.773. The van der Waals surface area contributed by atoms with Crippen molar-refractivity contribution in [2.24, 2.45) is 0 Å². The molecule has 1 fully saturated rings. The minimum absolute atomic E-state index is 0. The van der Waals surface area contributed by atoms with Crippen LogP contribution in [0.1, 0.15) is 30.9 Å². The highest BCUT2D eigenvalue weighted by Crippen LogP contribution is 2.31. The van der Waals surface area contributed by atoms with Crippen LogP contribution in [0.15, 0.2) is 60.7 Å². The number of likely N-dealkylation sites (N-methyl/N-ethyl adjacent to an activating group) is 1. The van der Waals surface area contributed by atoms with E-state index in [0.29, 0.717) is 23.8 Å². The number of hydrogen-bond acceptors (Lipinski definition) is 5. The first-order chi connectivity index (χ1) is 14.0. The molecule has 0 saturated carbocycles. The lowest BCUT2D eigenvalue weighted by molar-refractivity contribution is -0.162. The van der Waals surface area contributed by atoms with Crippen LogP contribution in [-0.2, 0) is 15.1 Å². The molecule has 1 saturated heterocycles. The van der Waals surface area contributed by atoms with Gasteiger partial charge in [0.05, 0.1) is 6.61 Å². The average molecular weight is 433 g/mol. The van der Waals surface area contributed by atoms with Crippen LogP contribution in [0.3, 0.4) is 0 Å². The third-order valence-electron chi connectivity index (χ3n) is 5.91. The van der Waals surface area contributed by atoms with Crippen molar-refractivity contribution < 1.29 is 14.6 Å². The van der Waals surface area contributed by atoms with Crippen molar-refractivity contribution in [2.75, 3.05) is 39.8 Å². The van der Waals surface area contributed by atoms with Gasteiger partial charge in [0.2, 0.25) is 5.60 Å². The zero-order valence-corrected chi connectivity index (χ0v) is 18.7. The smallest absolute Gasteiger partial charge is 0.347 e. The van der Waals surface area contributed by atoms with Gasteiger partial charge >= 0.3 is 5.97 Å². The third kappa shape index (κ3) is 5.82. The van der Waals surface area contributed by atoms with E-state index in [-0.39, 0.29) is 12.4 Å². The molecule has 0 bridgehead atoms. The summed E-state index contributed by atoms with van der Waals surface area (Å²) in [6.07, 6.45) is 1.90. The molecule has 3 rings (SSSR count). The Morgan fingerprint density at radius 1 is 1.03 bits per heavy atom. The Hall–Kier alpha value is -1.92. The molecule has 164 valence electrons. The van der Waals surface area contributed by atoms with E-state index >= 15 is 0 Å². The first-order valence-corrected chi connectivity index (χ1v) is 10.4. The molecule has 1 N–H and O–H groups in total. The Morgan fingerprint density at radius 3 is 2.17 bits per heavy atom. The van der Waals surface area contributed by atoms with Gasteiger partial charge in [-0.1, -0.05) is 60.7 Å². The largest absolute Gasteiger partial charge is 0.463 e. The highest BCUT2D eigenvalue weighted by atomic mass is 35.5. The number of hydrogen-bond donors (Lipinski definition) is 1. The van der Waals surface area contributed by atoms with Gasteiger partial charge in [-0.15, -0.1) is 12.4 Å². The zero-order valence-electron chi connectivity index (χ0n) is 17.9. The van der Waals surface area contributed by atoms with Crippen LogP contribution in [0.4, 0.5) is 0 Å². The second-order valence-corrected chi connectivity index (χ2v) is 7.89. The number of carbonyl (C=O) groups is 1. The maximum absolute atomic E-state index is 13.0. The normalized spacial score (nSPS) is 18.3. The number of carbonyl (C=O) groups excluding carboxylic acids is 1. The fraction of sp³-hybridized carbons (Fsp3) is 0.458. The van der Waals surface area contributed by atoms with E-state index in [2.05, 4.69) is 23.8 Å². The van der Waals surface area contributed by atoms with Gasteiger partial charge in [-0.25, -0.2) is 4.79 Å². The molecule has 1 unspecified atom stereocenters. The van der Waals surface area contributed by atoms with Gasteiger partial charge in [0, 0.05) is 25.7 Å². The molecule has 1 heterocycles. The number of halogens is 1. The van der Waals surface area contributed by atoms with Crippen molar-refractivity contribution in [3.05, 3.63) is 71.8 Å². The van der Waals surface area contributed by atoms with Gasteiger partial charge in [-0.2, -0.15) is 0 Å². The molecule has 1 atom stereocenters. The average Bonchev–Trinajstić information content (AvgIpc) is 2.93. The quantitative estimate of drug-likeness (QED) is 0.537. The summed E-state index contributed by atoms with van der Waals surface area (Å²) in [6, 6.07) is 18.6. The molecule has 6 heteroatoms. The van der Waals surface area contributed by atoms with E-state index in [4.69, 9.17) is 4.74 Å². The summed E-state index contributed by atoms with van der Waals surface area (Å²) < 4.78 is 5.55. The van der Waals surface area contributed by atoms with Gasteiger partial charge in [0.15, 0.2) is 0 Å². The highest BCUT2D eigenvalue weighted by Gasteiger charge is 2.41. The maximum atomic E-state index is 13.0. The Balaban J connectivity index is 0.00000320. The van der Waals surface area contributed by atoms with E-state index in [1.54, 1.807) is 24.3 Å². The topological polar surface area (TPSA) is 53.0 Å². The van der Waals surface area contributed by atoms with Crippen molar-refractivity contribution in [1.82, 2.24) is 9.80 Å². The summed E-state index contributed by atoms with van der Waals surface area (Å²) in [6.45, 7) is 6.61. The van der Waals surface area contributed by atoms with Crippen LogP contribution in [-0.4, -0.2) is 66.8 Å². The molecular formula is C24H33ClN2O3. The third-order valence-corrected chi connectivity index (χ3v) is 5.91. The minimum Gasteiger partial charge on any atom is -0.463 e. The molecule has 2 aromatic carbocycles. The van der Waals surface area contributed by atoms with Gasteiger partial charge in [-0.05, 0) is 44.5 Å². The number of aliphatic hydroxyl groups is 1. The van der Waals surface area contributed by atoms with E-state index < -0.39 is 11.6 Å². The van der Waals surface area contributed by atoms with Gasteiger partial charge in [0.1, 0.15) is 0 Å². The number of rotatable bonds is 7. The standard InChI is InChI=1S/C24H32N2O3.ClH/c1-20-14-16-26(18-17-25(20)2)15-9-19-29-23(27)24(28,21-10-5-3-6-11-21)22-12-7-4-8-13-22;/h3-8,10-13,20,28H,9,14-19H2,1-2H3;1H. The van der Waals surface area contributed by atoms with Crippen molar-refractivity contribution in [1.29, 1.82) is 0 Å². The summed E-state index contributed by atoms with van der Waals surface area (Å²) in [5.74, 6) is -0.626. The van der Waals surface area contributed by atoms with E-state index in [1.165, 1.54) is 0 Å². The van der Waals surface area contributed by atoms with Gasteiger partial charge in [0.25, 0.3) is 0 Å². The number of benzene rings is 2. The Morgan fingerprint density at radius 2 is 1.60 bits per heavy atom. The van der Waals surface area contributed by atoms with Crippen LogP contribution in [0.2, 0.25) is 0 Å². The minimum atomic E-state index is -1.80. The molecule has 0 radical (unpaired) electrons. The van der Waals surface area contributed by atoms with E-state index in [9.17, 15) is 9.90 Å². The lowest BCUT2D eigenvalue weighted by Crippen LogP contribution is -2.39. The number of nitrogens with zero attached hydrogens (tertiary/aromatic N) is 2. The Labute approximate surface area is 186 Å². The predicted octanol–water partition coefficient (Wildman–Crippen LogP) is 3.30. The molecule has 0 spiro atoms. The maximum Gasteiger partial charge on any atom is 0.347 e. The van der Waals surface area contributed by atoms with Gasteiger partial charge < -0.3 is 19.6 Å². The van der Waals surface area contributed by atoms with Crippen molar-refractivity contribution >= 4 is 18.4 Å². The first kappa shape index (κ1) is 24.4. The SMILES string of the molecule is CC1CCN(CCCOC(=O)C(O)(c2ccccc2)c2ccccc2)CCN1C.Cl. The van der Waals surface area contributed by atoms with Crippen LogP contribution in [0.5, 0.6) is 0 Å². The molecule has 1 aliphatic rings. The van der Waals surface area contributed by atoms with Crippen LogP contribution < -0.4 is 0 Å². The Bertz CT molecular complexity index is 721. The molecular weight excluding hydrogens is 400 g/mol. The fourth-order valence-corrected chi connectivity index (χ4v) is 3.76. The molecule has 30 heavy (non-hydrogen) atoms. The monoisotopic (exact) mass is 432 g/mol. The van der Waals surface area contributed by atoms with E-state index in [1.807, 2.05) is 36.4 Å². The highest BCUT2D eigenvalue weighted by molar-refractivity contribution is 5.85. The van der Waals surface area contributed by atoms with Crippen LogP contribution in [0, 0.1) is 0 Å². The van der Waals surface area contributed by atoms with Crippen LogP contribution in [0.25, 0.3) is 0 Å². The molecule has 0 amide bonds. The molecule has 5 nitrogen and oxygen atoms in total. The number of esters is 1. The summed E-state index contributed by atoms with van der Waals surface area (Å²) in [7, 11) is 2.17. The summed E-state index contributed by atoms with van der Waals surface area (Å²) >= 11 is 0. The molecule has 1 aliphatic heterocycles. The predicted molar refractivity (Wildman–Crippen MR) is 122 cm³/mol. The van der Waals surface area contributed by atoms with Crippen LogP contribution >= 0.6 is 12.4 Å². The molecule has 2 aromatic rings. The Kier molecular flexibility index (Phi) is 9.31. The second-order valence-electron chi connectivity index (χ2n) is 7.89. The summed E-state index contributed by atoms with van der Waals surface area (Å²) in [5, 5.41) is 11.4. The van der Waals surface area contributed by atoms with E-state index in [0.717, 1.165) is 39.0 Å². The molecule has 0 aromatic heterocycles. The number of ether oxygens (including phenoxy) is 1. The zero-order chi connectivity index (χ0) is 20.7.